The molecule has 8 heteroatoms. The summed E-state index contributed by atoms with van der Waals surface area (Å²) in [6.45, 7) is 4.53. The summed E-state index contributed by atoms with van der Waals surface area (Å²) in [5.74, 6) is -1.40. The molecule has 2 amide bonds. The summed E-state index contributed by atoms with van der Waals surface area (Å²) < 4.78 is 31.5. The second-order valence-corrected chi connectivity index (χ2v) is 9.27. The predicted molar refractivity (Wildman–Crippen MR) is 138 cm³/mol. The molecule has 0 aromatic heterocycles. The first-order chi connectivity index (χ1) is 17.5. The van der Waals surface area contributed by atoms with E-state index in [2.05, 4.69) is 23.6 Å². The third-order valence-corrected chi connectivity index (χ3v) is 6.45. The fourth-order valence-corrected chi connectivity index (χ4v) is 4.31. The largest absolute Gasteiger partial charge is 0.449 e. The van der Waals surface area contributed by atoms with Crippen molar-refractivity contribution in [1.29, 1.82) is 0 Å². The number of carbonyl (C=O) groups excluding carboxylic acids is 2. The number of benzene rings is 2. The van der Waals surface area contributed by atoms with Gasteiger partial charge in [-0.25, -0.2) is 13.6 Å². The predicted octanol–water partition coefficient (Wildman–Crippen LogP) is 6.69. The maximum atomic E-state index is 13.2. The molecule has 1 heterocycles. The van der Waals surface area contributed by atoms with Gasteiger partial charge < -0.3 is 20.3 Å². The highest BCUT2D eigenvalue weighted by atomic mass is 19.2. The molecule has 0 saturated carbocycles. The normalized spacial score (nSPS) is 13.9. The van der Waals surface area contributed by atoms with Crippen LogP contribution in [0, 0.1) is 11.6 Å². The quantitative estimate of drug-likeness (QED) is 0.318. The van der Waals surface area contributed by atoms with Gasteiger partial charge in [-0.15, -0.1) is 0 Å². The van der Waals surface area contributed by atoms with Gasteiger partial charge >= 0.3 is 6.09 Å². The number of amides is 2. The van der Waals surface area contributed by atoms with Crippen LogP contribution in [0.15, 0.2) is 42.5 Å². The van der Waals surface area contributed by atoms with Gasteiger partial charge in [0.05, 0.1) is 6.61 Å². The van der Waals surface area contributed by atoms with E-state index < -0.39 is 11.6 Å². The Morgan fingerprint density at radius 2 is 1.78 bits per heavy atom. The maximum absolute atomic E-state index is 13.2. The molecule has 1 fully saturated rings. The number of likely N-dealkylation sites (tertiary alicyclic amines) is 1. The standard InChI is InChI=1S/C28H37F2N3O3/c1-2-3-18-36-28(35)33-16-13-21(14-17-33)22-8-7-9-24(19-22)32-27(34)10-5-4-6-15-31-23-11-12-25(29)26(30)20-23/h7-9,11-12,19-21,31H,2-6,10,13-18H2,1H3,(H,32,34). The van der Waals surface area contributed by atoms with Crippen molar-refractivity contribution in [3.63, 3.8) is 0 Å². The third kappa shape index (κ3) is 8.81. The fourth-order valence-electron chi connectivity index (χ4n) is 4.31. The van der Waals surface area contributed by atoms with E-state index in [4.69, 9.17) is 4.74 Å². The number of halogens is 2. The highest BCUT2D eigenvalue weighted by molar-refractivity contribution is 5.90. The Bertz CT molecular complexity index is 994. The van der Waals surface area contributed by atoms with Gasteiger partial charge in [0.2, 0.25) is 5.91 Å². The molecule has 36 heavy (non-hydrogen) atoms. The van der Waals surface area contributed by atoms with Gasteiger partial charge in [0, 0.05) is 37.4 Å². The lowest BCUT2D eigenvalue weighted by molar-refractivity contribution is -0.116. The molecule has 0 bridgehead atoms. The molecule has 0 aliphatic carbocycles. The molecule has 2 aromatic carbocycles. The van der Waals surface area contributed by atoms with Gasteiger partial charge in [-0.3, -0.25) is 4.79 Å². The molecule has 0 spiro atoms. The van der Waals surface area contributed by atoms with Gasteiger partial charge in [0.25, 0.3) is 0 Å². The molecule has 2 N–H and O–H groups in total. The minimum absolute atomic E-state index is 0.0228. The number of nitrogens with zero attached hydrogens (tertiary/aromatic N) is 1. The van der Waals surface area contributed by atoms with E-state index in [1.807, 2.05) is 18.2 Å². The van der Waals surface area contributed by atoms with Gasteiger partial charge in [0.15, 0.2) is 11.6 Å². The molecular formula is C28H37F2N3O3. The average molecular weight is 502 g/mol. The van der Waals surface area contributed by atoms with Crippen molar-refractivity contribution in [2.75, 3.05) is 36.9 Å². The Morgan fingerprint density at radius 1 is 0.972 bits per heavy atom. The van der Waals surface area contributed by atoms with Crippen LogP contribution in [0.2, 0.25) is 0 Å². The van der Waals surface area contributed by atoms with Crippen molar-refractivity contribution in [3.8, 4) is 0 Å². The number of unbranched alkanes of at least 4 members (excludes halogenated alkanes) is 3. The summed E-state index contributed by atoms with van der Waals surface area (Å²) in [6.07, 6.45) is 6.27. The first kappa shape index (κ1) is 27.4. The van der Waals surface area contributed by atoms with Crippen molar-refractivity contribution >= 4 is 23.4 Å². The van der Waals surface area contributed by atoms with Gasteiger partial charge in [-0.2, -0.15) is 0 Å². The Labute approximate surface area is 212 Å². The van der Waals surface area contributed by atoms with Crippen LogP contribution in [-0.2, 0) is 9.53 Å². The van der Waals surface area contributed by atoms with E-state index >= 15 is 0 Å². The molecule has 0 radical (unpaired) electrons. The number of piperidine rings is 1. The number of hydrogen-bond acceptors (Lipinski definition) is 4. The first-order valence-corrected chi connectivity index (χ1v) is 13.0. The zero-order valence-corrected chi connectivity index (χ0v) is 21.0. The number of hydrogen-bond donors (Lipinski definition) is 2. The summed E-state index contributed by atoms with van der Waals surface area (Å²) >= 11 is 0. The lowest BCUT2D eigenvalue weighted by Gasteiger charge is -2.31. The molecule has 2 aromatic rings. The van der Waals surface area contributed by atoms with Gasteiger partial charge in [-0.1, -0.05) is 31.9 Å². The van der Waals surface area contributed by atoms with E-state index in [1.165, 1.54) is 11.6 Å². The smallest absolute Gasteiger partial charge is 0.409 e. The molecular weight excluding hydrogens is 464 g/mol. The van der Waals surface area contributed by atoms with Gasteiger partial charge in [-0.05, 0) is 73.9 Å². The average Bonchev–Trinajstić information content (AvgIpc) is 2.88. The zero-order valence-electron chi connectivity index (χ0n) is 21.0. The topological polar surface area (TPSA) is 70.7 Å². The first-order valence-electron chi connectivity index (χ1n) is 13.0. The van der Waals surface area contributed by atoms with Crippen LogP contribution in [0.5, 0.6) is 0 Å². The summed E-state index contributed by atoms with van der Waals surface area (Å²) in [5.41, 5.74) is 2.51. The van der Waals surface area contributed by atoms with E-state index in [1.54, 1.807) is 4.90 Å². The van der Waals surface area contributed by atoms with Crippen molar-refractivity contribution in [3.05, 3.63) is 59.7 Å². The second-order valence-electron chi connectivity index (χ2n) is 9.27. The lowest BCUT2D eigenvalue weighted by atomic mass is 9.89. The van der Waals surface area contributed by atoms with Gasteiger partial charge in [0.1, 0.15) is 0 Å². The number of ether oxygens (including phenoxy) is 1. The minimum Gasteiger partial charge on any atom is -0.449 e. The van der Waals surface area contributed by atoms with E-state index in [-0.39, 0.29) is 12.0 Å². The zero-order chi connectivity index (χ0) is 25.8. The van der Waals surface area contributed by atoms with Crippen molar-refractivity contribution in [1.82, 2.24) is 4.90 Å². The van der Waals surface area contributed by atoms with Crippen LogP contribution in [0.1, 0.15) is 69.8 Å². The molecule has 1 aliphatic heterocycles. The third-order valence-electron chi connectivity index (χ3n) is 6.45. The van der Waals surface area contributed by atoms with Crippen molar-refractivity contribution in [2.45, 2.75) is 64.2 Å². The van der Waals surface area contributed by atoms with Crippen molar-refractivity contribution in [2.24, 2.45) is 0 Å². The number of anilines is 2. The Kier molecular flexibility index (Phi) is 11.0. The Morgan fingerprint density at radius 3 is 2.53 bits per heavy atom. The molecule has 0 unspecified atom stereocenters. The Balaban J connectivity index is 1.33. The lowest BCUT2D eigenvalue weighted by Crippen LogP contribution is -2.38. The molecule has 6 nitrogen and oxygen atoms in total. The summed E-state index contributed by atoms with van der Waals surface area (Å²) in [6, 6.07) is 11.7. The highest BCUT2D eigenvalue weighted by Gasteiger charge is 2.24. The summed E-state index contributed by atoms with van der Waals surface area (Å²) in [4.78, 5) is 26.3. The van der Waals surface area contributed by atoms with Crippen LogP contribution < -0.4 is 10.6 Å². The van der Waals surface area contributed by atoms with E-state index in [0.29, 0.717) is 44.3 Å². The summed E-state index contributed by atoms with van der Waals surface area (Å²) in [7, 11) is 0. The molecule has 1 aliphatic rings. The Hall–Kier alpha value is -3.16. The SMILES string of the molecule is CCCCOC(=O)N1CCC(c2cccc(NC(=O)CCCCCNc3ccc(F)c(F)c3)c2)CC1. The van der Waals surface area contributed by atoms with Crippen LogP contribution >= 0.6 is 0 Å². The van der Waals surface area contributed by atoms with Crippen molar-refractivity contribution < 1.29 is 23.1 Å². The highest BCUT2D eigenvalue weighted by Crippen LogP contribution is 2.30. The number of nitrogens with one attached hydrogen (secondary N) is 2. The van der Waals surface area contributed by atoms with E-state index in [0.717, 1.165) is 62.8 Å². The number of carbonyl (C=O) groups is 2. The van der Waals surface area contributed by atoms with Crippen LogP contribution in [0.25, 0.3) is 0 Å². The van der Waals surface area contributed by atoms with E-state index in [9.17, 15) is 18.4 Å². The molecule has 196 valence electrons. The summed E-state index contributed by atoms with van der Waals surface area (Å²) in [5, 5.41) is 6.05. The molecule has 3 rings (SSSR count). The maximum Gasteiger partial charge on any atom is 0.409 e. The number of rotatable bonds is 12. The second kappa shape index (κ2) is 14.4. The fraction of sp³-hybridized carbons (Fsp3) is 0.500. The monoisotopic (exact) mass is 501 g/mol. The molecule has 0 atom stereocenters. The minimum atomic E-state index is -0.867. The van der Waals surface area contributed by atoms with Crippen LogP contribution in [0.3, 0.4) is 0 Å². The van der Waals surface area contributed by atoms with Crippen LogP contribution in [0.4, 0.5) is 25.0 Å². The molecule has 1 saturated heterocycles. The van der Waals surface area contributed by atoms with Crippen LogP contribution in [-0.4, -0.2) is 43.1 Å².